The number of esters is 1. The van der Waals surface area contributed by atoms with Crippen molar-refractivity contribution >= 4 is 17.9 Å². The van der Waals surface area contributed by atoms with Crippen molar-refractivity contribution in [3.8, 4) is 0 Å². The molecule has 0 aliphatic carbocycles. The maximum atomic E-state index is 11.1. The Morgan fingerprint density at radius 3 is 2.94 bits per heavy atom. The Morgan fingerprint density at radius 2 is 2.31 bits per heavy atom. The van der Waals surface area contributed by atoms with Crippen LogP contribution >= 0.6 is 0 Å². The summed E-state index contributed by atoms with van der Waals surface area (Å²) in [6.45, 7) is 2.11. The maximum absolute atomic E-state index is 11.1. The van der Waals surface area contributed by atoms with E-state index in [-0.39, 0.29) is 11.8 Å². The van der Waals surface area contributed by atoms with Crippen LogP contribution in [0.5, 0.6) is 0 Å². The molecule has 0 unspecified atom stereocenters. The first kappa shape index (κ1) is 12.0. The molecule has 1 aromatic carbocycles. The van der Waals surface area contributed by atoms with Crippen molar-refractivity contribution < 1.29 is 9.53 Å². The lowest BCUT2D eigenvalue weighted by atomic mass is 10.1. The van der Waals surface area contributed by atoms with Gasteiger partial charge in [-0.25, -0.2) is 4.79 Å². The van der Waals surface area contributed by atoms with E-state index in [4.69, 9.17) is 15.9 Å². The second-order valence-corrected chi connectivity index (χ2v) is 3.12. The molecule has 0 heterocycles. The van der Waals surface area contributed by atoms with Gasteiger partial charge >= 0.3 is 5.97 Å². The van der Waals surface area contributed by atoms with Crippen LogP contribution in [0.3, 0.4) is 0 Å². The van der Waals surface area contributed by atoms with Gasteiger partial charge in [0.05, 0.1) is 6.61 Å². The SMILES string of the molecule is CCOC(=O)C=Cc1cccc(C(=N)N)c1. The number of nitrogen functional groups attached to an aromatic ring is 1. The topological polar surface area (TPSA) is 76.2 Å². The van der Waals surface area contributed by atoms with E-state index in [0.29, 0.717) is 12.2 Å². The van der Waals surface area contributed by atoms with Gasteiger partial charge in [0.1, 0.15) is 5.84 Å². The zero-order valence-electron chi connectivity index (χ0n) is 9.07. The number of benzene rings is 1. The normalized spacial score (nSPS) is 10.3. The summed E-state index contributed by atoms with van der Waals surface area (Å²) in [5, 5.41) is 7.28. The van der Waals surface area contributed by atoms with Gasteiger partial charge < -0.3 is 10.5 Å². The molecule has 0 radical (unpaired) electrons. The largest absolute Gasteiger partial charge is 0.463 e. The van der Waals surface area contributed by atoms with Crippen LogP contribution in [0.15, 0.2) is 30.3 Å². The molecule has 0 aliphatic heterocycles. The van der Waals surface area contributed by atoms with Crippen LogP contribution in [0.25, 0.3) is 6.08 Å². The van der Waals surface area contributed by atoms with Crippen molar-refractivity contribution in [3.63, 3.8) is 0 Å². The summed E-state index contributed by atoms with van der Waals surface area (Å²) in [5.41, 5.74) is 6.79. The average molecular weight is 218 g/mol. The molecule has 1 aromatic rings. The van der Waals surface area contributed by atoms with Gasteiger partial charge in [-0.3, -0.25) is 5.41 Å². The highest BCUT2D eigenvalue weighted by molar-refractivity contribution is 5.95. The molecule has 0 spiro atoms. The molecule has 1 rings (SSSR count). The van der Waals surface area contributed by atoms with Crippen LogP contribution in [-0.4, -0.2) is 18.4 Å². The highest BCUT2D eigenvalue weighted by Crippen LogP contribution is 2.06. The lowest BCUT2D eigenvalue weighted by Crippen LogP contribution is -2.10. The molecule has 4 nitrogen and oxygen atoms in total. The molecule has 4 heteroatoms. The van der Waals surface area contributed by atoms with Gasteiger partial charge in [-0.1, -0.05) is 18.2 Å². The highest BCUT2D eigenvalue weighted by atomic mass is 16.5. The lowest BCUT2D eigenvalue weighted by Gasteiger charge is -1.99. The van der Waals surface area contributed by atoms with Crippen LogP contribution in [0.4, 0.5) is 0 Å². The number of amidine groups is 1. The highest BCUT2D eigenvalue weighted by Gasteiger charge is 1.97. The Morgan fingerprint density at radius 1 is 1.56 bits per heavy atom. The van der Waals surface area contributed by atoms with Crippen LogP contribution in [0, 0.1) is 5.41 Å². The van der Waals surface area contributed by atoms with E-state index in [2.05, 4.69) is 0 Å². The number of nitrogens with two attached hydrogens (primary N) is 1. The Kier molecular flexibility index (Phi) is 4.27. The summed E-state index contributed by atoms with van der Waals surface area (Å²) >= 11 is 0. The molecule has 0 bridgehead atoms. The van der Waals surface area contributed by atoms with Crippen LogP contribution < -0.4 is 5.73 Å². The fourth-order valence-electron chi connectivity index (χ4n) is 1.16. The molecule has 3 N–H and O–H groups in total. The van der Waals surface area contributed by atoms with Crippen LogP contribution in [0.2, 0.25) is 0 Å². The van der Waals surface area contributed by atoms with Gasteiger partial charge in [-0.15, -0.1) is 0 Å². The number of ether oxygens (including phenoxy) is 1. The zero-order chi connectivity index (χ0) is 12.0. The number of nitrogens with one attached hydrogen (secondary N) is 1. The molecule has 84 valence electrons. The van der Waals surface area contributed by atoms with Crippen LogP contribution in [-0.2, 0) is 9.53 Å². The molecule has 0 aromatic heterocycles. The second-order valence-electron chi connectivity index (χ2n) is 3.12. The minimum Gasteiger partial charge on any atom is -0.463 e. The first-order valence-corrected chi connectivity index (χ1v) is 4.92. The Hall–Kier alpha value is -2.10. The van der Waals surface area contributed by atoms with Crippen molar-refractivity contribution in [1.29, 1.82) is 5.41 Å². The number of rotatable bonds is 4. The predicted molar refractivity (Wildman–Crippen MR) is 63.1 cm³/mol. The summed E-state index contributed by atoms with van der Waals surface area (Å²) in [5.74, 6) is -0.373. The van der Waals surface area contributed by atoms with E-state index in [9.17, 15) is 4.79 Å². The summed E-state index contributed by atoms with van der Waals surface area (Å²) in [7, 11) is 0. The van der Waals surface area contributed by atoms with Crippen molar-refractivity contribution in [2.45, 2.75) is 6.92 Å². The molecular weight excluding hydrogens is 204 g/mol. The molecule has 16 heavy (non-hydrogen) atoms. The average Bonchev–Trinajstić information content (AvgIpc) is 2.27. The summed E-state index contributed by atoms with van der Waals surface area (Å²) in [6, 6.07) is 7.08. The standard InChI is InChI=1S/C12H14N2O2/c1-2-16-11(15)7-6-9-4-3-5-10(8-9)12(13)14/h3-8H,2H2,1H3,(H3,13,14). The second kappa shape index (κ2) is 5.70. The number of hydrogen-bond acceptors (Lipinski definition) is 3. The third kappa shape index (κ3) is 3.57. The first-order valence-electron chi connectivity index (χ1n) is 4.92. The summed E-state index contributed by atoms with van der Waals surface area (Å²) in [6.07, 6.45) is 2.98. The van der Waals surface area contributed by atoms with Gasteiger partial charge in [0, 0.05) is 11.6 Å². The molecule has 0 saturated carbocycles. The van der Waals surface area contributed by atoms with Gasteiger partial charge in [-0.05, 0) is 24.6 Å². The molecule has 0 atom stereocenters. The maximum Gasteiger partial charge on any atom is 0.330 e. The van der Waals surface area contributed by atoms with Gasteiger partial charge in [0.2, 0.25) is 0 Å². The van der Waals surface area contributed by atoms with Gasteiger partial charge in [0.15, 0.2) is 0 Å². The summed E-state index contributed by atoms with van der Waals surface area (Å²) in [4.78, 5) is 11.1. The quantitative estimate of drug-likeness (QED) is 0.348. The molecule has 0 fully saturated rings. The fraction of sp³-hybridized carbons (Fsp3) is 0.167. The molecule has 0 amide bonds. The number of carbonyl (C=O) groups is 1. The van der Waals surface area contributed by atoms with Gasteiger partial charge in [0.25, 0.3) is 0 Å². The Labute approximate surface area is 94.2 Å². The van der Waals surface area contributed by atoms with E-state index in [1.807, 2.05) is 6.07 Å². The third-order valence-corrected chi connectivity index (χ3v) is 1.90. The monoisotopic (exact) mass is 218 g/mol. The number of carbonyl (C=O) groups excluding carboxylic acids is 1. The predicted octanol–water partition coefficient (Wildman–Crippen LogP) is 1.55. The molecule has 0 aliphatic rings. The van der Waals surface area contributed by atoms with E-state index >= 15 is 0 Å². The van der Waals surface area contributed by atoms with E-state index in [0.717, 1.165) is 5.56 Å². The van der Waals surface area contributed by atoms with Gasteiger partial charge in [-0.2, -0.15) is 0 Å². The minimum absolute atomic E-state index is 0.00591. The number of hydrogen-bond donors (Lipinski definition) is 2. The minimum atomic E-state index is -0.379. The molecular formula is C12H14N2O2. The lowest BCUT2D eigenvalue weighted by molar-refractivity contribution is -0.137. The first-order chi connectivity index (χ1) is 7.63. The van der Waals surface area contributed by atoms with E-state index in [1.165, 1.54) is 6.08 Å². The molecule has 0 saturated heterocycles. The van der Waals surface area contributed by atoms with Crippen molar-refractivity contribution in [3.05, 3.63) is 41.5 Å². The van der Waals surface area contributed by atoms with Crippen molar-refractivity contribution in [2.24, 2.45) is 5.73 Å². The summed E-state index contributed by atoms with van der Waals surface area (Å²) < 4.78 is 4.75. The fourth-order valence-corrected chi connectivity index (χ4v) is 1.16. The van der Waals surface area contributed by atoms with Crippen LogP contribution in [0.1, 0.15) is 18.1 Å². The Balaban J connectivity index is 2.77. The van der Waals surface area contributed by atoms with Crippen molar-refractivity contribution in [2.75, 3.05) is 6.61 Å². The Bertz CT molecular complexity index is 425. The smallest absolute Gasteiger partial charge is 0.330 e. The van der Waals surface area contributed by atoms with E-state index < -0.39 is 0 Å². The van der Waals surface area contributed by atoms with Crippen molar-refractivity contribution in [1.82, 2.24) is 0 Å². The third-order valence-electron chi connectivity index (χ3n) is 1.90. The zero-order valence-corrected chi connectivity index (χ0v) is 9.07. The van der Waals surface area contributed by atoms with E-state index in [1.54, 1.807) is 31.2 Å².